The molecule has 4 nitrogen and oxygen atoms in total. The maximum atomic E-state index is 12.6. The Bertz CT molecular complexity index is 535. The summed E-state index contributed by atoms with van der Waals surface area (Å²) in [7, 11) is 0. The van der Waals surface area contributed by atoms with Gasteiger partial charge in [0.25, 0.3) is 5.91 Å². The summed E-state index contributed by atoms with van der Waals surface area (Å²) >= 11 is 0. The molecule has 2 unspecified atom stereocenters. The smallest absolute Gasteiger partial charge is 0.255 e. The first-order valence-electron chi connectivity index (χ1n) is 6.94. The fraction of sp³-hybridized carbons (Fsp3) is 0.500. The molecule has 0 bridgehead atoms. The van der Waals surface area contributed by atoms with Gasteiger partial charge in [-0.3, -0.25) is 9.78 Å². The van der Waals surface area contributed by atoms with Crippen molar-refractivity contribution in [1.29, 1.82) is 0 Å². The van der Waals surface area contributed by atoms with E-state index in [9.17, 15) is 4.79 Å². The summed E-state index contributed by atoms with van der Waals surface area (Å²) in [6.45, 7) is 5.71. The zero-order chi connectivity index (χ0) is 14.5. The first-order valence-corrected chi connectivity index (χ1v) is 6.94. The van der Waals surface area contributed by atoms with Gasteiger partial charge in [-0.25, -0.2) is 0 Å². The molecular weight excluding hydrogens is 252 g/mol. The molecule has 1 fully saturated rings. The summed E-state index contributed by atoms with van der Waals surface area (Å²) in [6.07, 6.45) is 4.35. The minimum absolute atomic E-state index is 0.00744. The number of rotatable bonds is 1. The molecule has 1 aromatic heterocycles. The number of amides is 1. The lowest BCUT2D eigenvalue weighted by Crippen LogP contribution is -2.42. The average molecular weight is 272 g/mol. The van der Waals surface area contributed by atoms with Gasteiger partial charge in [0.05, 0.1) is 11.1 Å². The number of piperidine rings is 1. The van der Waals surface area contributed by atoms with E-state index in [1.807, 2.05) is 4.90 Å². The average Bonchev–Trinajstić information content (AvgIpc) is 2.43. The number of nitrogens with zero attached hydrogens (tertiary/aromatic N) is 2. The maximum absolute atomic E-state index is 12.6. The highest BCUT2D eigenvalue weighted by Gasteiger charge is 2.27. The lowest BCUT2D eigenvalue weighted by Gasteiger charge is -2.35. The van der Waals surface area contributed by atoms with Crippen molar-refractivity contribution in [3.8, 4) is 11.8 Å². The molecular formula is C16H20N2O2. The minimum atomic E-state index is -0.222. The summed E-state index contributed by atoms with van der Waals surface area (Å²) in [5, 5.41) is 8.79. The van der Waals surface area contributed by atoms with Gasteiger partial charge in [-0.05, 0) is 24.3 Å². The highest BCUT2D eigenvalue weighted by atomic mass is 16.2. The Morgan fingerprint density at radius 1 is 1.45 bits per heavy atom. The second kappa shape index (κ2) is 6.53. The molecule has 20 heavy (non-hydrogen) atoms. The van der Waals surface area contributed by atoms with Crippen molar-refractivity contribution in [2.45, 2.75) is 20.3 Å². The van der Waals surface area contributed by atoms with Crippen molar-refractivity contribution in [2.24, 2.45) is 11.8 Å². The van der Waals surface area contributed by atoms with Gasteiger partial charge in [-0.2, -0.15) is 0 Å². The van der Waals surface area contributed by atoms with Crippen LogP contribution in [0, 0.1) is 23.7 Å². The van der Waals surface area contributed by atoms with Gasteiger partial charge in [0, 0.05) is 25.5 Å². The zero-order valence-electron chi connectivity index (χ0n) is 12.0. The van der Waals surface area contributed by atoms with Gasteiger partial charge in [0.15, 0.2) is 0 Å². The molecule has 4 heteroatoms. The van der Waals surface area contributed by atoms with Crippen molar-refractivity contribution in [2.75, 3.05) is 19.7 Å². The Labute approximate surface area is 119 Å². The van der Waals surface area contributed by atoms with Crippen molar-refractivity contribution < 1.29 is 9.90 Å². The van der Waals surface area contributed by atoms with Crippen LogP contribution in [0.2, 0.25) is 0 Å². The zero-order valence-corrected chi connectivity index (χ0v) is 12.0. The SMILES string of the molecule is CC1CC(C)CN(C(=O)c2ccncc2C#CCO)C1. The van der Waals surface area contributed by atoms with E-state index in [1.165, 1.54) is 0 Å². The molecule has 2 rings (SSSR count). The van der Waals surface area contributed by atoms with Gasteiger partial charge in [0.1, 0.15) is 6.61 Å². The van der Waals surface area contributed by atoms with Crippen molar-refractivity contribution in [3.05, 3.63) is 29.6 Å². The van der Waals surface area contributed by atoms with E-state index >= 15 is 0 Å². The summed E-state index contributed by atoms with van der Waals surface area (Å²) in [4.78, 5) is 18.5. The van der Waals surface area contributed by atoms with Gasteiger partial charge in [0.2, 0.25) is 0 Å². The molecule has 1 saturated heterocycles. The predicted octanol–water partition coefficient (Wildman–Crippen LogP) is 1.54. The lowest BCUT2D eigenvalue weighted by molar-refractivity contribution is 0.0622. The van der Waals surface area contributed by atoms with Crippen molar-refractivity contribution in [1.82, 2.24) is 9.88 Å². The van der Waals surface area contributed by atoms with Crippen LogP contribution in [-0.4, -0.2) is 40.6 Å². The van der Waals surface area contributed by atoms with Gasteiger partial charge in [-0.15, -0.1) is 0 Å². The molecule has 0 spiro atoms. The number of pyridine rings is 1. The molecule has 0 saturated carbocycles. The van der Waals surface area contributed by atoms with Crippen LogP contribution >= 0.6 is 0 Å². The van der Waals surface area contributed by atoms with Crippen LogP contribution in [0.1, 0.15) is 36.2 Å². The fourth-order valence-electron chi connectivity index (χ4n) is 2.81. The molecule has 1 amide bonds. The lowest BCUT2D eigenvalue weighted by atomic mass is 9.91. The Kier molecular flexibility index (Phi) is 4.75. The summed E-state index contributed by atoms with van der Waals surface area (Å²) in [6, 6.07) is 1.70. The summed E-state index contributed by atoms with van der Waals surface area (Å²) in [5.74, 6) is 6.43. The van der Waals surface area contributed by atoms with Gasteiger partial charge in [-0.1, -0.05) is 25.7 Å². The van der Waals surface area contributed by atoms with E-state index in [0.717, 1.165) is 19.5 Å². The van der Waals surface area contributed by atoms with E-state index in [2.05, 4.69) is 30.7 Å². The fourth-order valence-corrected chi connectivity index (χ4v) is 2.81. The quantitative estimate of drug-likeness (QED) is 0.789. The maximum Gasteiger partial charge on any atom is 0.255 e. The summed E-state index contributed by atoms with van der Waals surface area (Å²) < 4.78 is 0. The molecule has 0 aliphatic carbocycles. The second-order valence-corrected chi connectivity index (χ2v) is 5.54. The minimum Gasteiger partial charge on any atom is -0.384 e. The standard InChI is InChI=1S/C16H20N2O2/c1-12-8-13(2)11-18(10-12)16(20)15-5-6-17-9-14(15)4-3-7-19/h5-6,9,12-13,19H,7-8,10-11H2,1-2H3. The van der Waals surface area contributed by atoms with Crippen molar-refractivity contribution >= 4 is 5.91 Å². The number of aromatic nitrogens is 1. The van der Waals surface area contributed by atoms with Crippen LogP contribution < -0.4 is 0 Å². The molecule has 2 heterocycles. The Morgan fingerprint density at radius 2 is 2.15 bits per heavy atom. The number of carbonyl (C=O) groups excluding carboxylic acids is 1. The monoisotopic (exact) mass is 272 g/mol. The molecule has 1 aromatic rings. The number of hydrogen-bond donors (Lipinski definition) is 1. The number of carbonyl (C=O) groups is 1. The second-order valence-electron chi connectivity index (χ2n) is 5.54. The Balaban J connectivity index is 2.24. The molecule has 106 valence electrons. The van der Waals surface area contributed by atoms with E-state index in [4.69, 9.17) is 5.11 Å². The van der Waals surface area contributed by atoms with E-state index in [-0.39, 0.29) is 12.5 Å². The molecule has 0 radical (unpaired) electrons. The molecule has 2 atom stereocenters. The molecule has 1 N–H and O–H groups in total. The molecule has 1 aliphatic heterocycles. The van der Waals surface area contributed by atoms with Gasteiger partial charge < -0.3 is 10.0 Å². The van der Waals surface area contributed by atoms with Gasteiger partial charge >= 0.3 is 0 Å². The third kappa shape index (κ3) is 3.37. The number of aliphatic hydroxyl groups excluding tert-OH is 1. The number of aliphatic hydroxyl groups is 1. The van der Waals surface area contributed by atoms with Crippen LogP contribution in [0.15, 0.2) is 18.5 Å². The van der Waals surface area contributed by atoms with Crippen LogP contribution in [-0.2, 0) is 0 Å². The highest BCUT2D eigenvalue weighted by molar-refractivity contribution is 5.96. The molecule has 1 aliphatic rings. The van der Waals surface area contributed by atoms with Crippen LogP contribution in [0.5, 0.6) is 0 Å². The van der Waals surface area contributed by atoms with Crippen molar-refractivity contribution in [3.63, 3.8) is 0 Å². The first kappa shape index (κ1) is 14.5. The van der Waals surface area contributed by atoms with Crippen LogP contribution in [0.3, 0.4) is 0 Å². The van der Waals surface area contributed by atoms with Crippen LogP contribution in [0.4, 0.5) is 0 Å². The third-order valence-corrected chi connectivity index (χ3v) is 3.51. The Morgan fingerprint density at radius 3 is 2.80 bits per heavy atom. The van der Waals surface area contributed by atoms with E-state index in [1.54, 1.807) is 18.5 Å². The summed E-state index contributed by atoms with van der Waals surface area (Å²) in [5.41, 5.74) is 1.15. The molecule has 0 aromatic carbocycles. The number of likely N-dealkylation sites (tertiary alicyclic amines) is 1. The normalized spacial score (nSPS) is 22.1. The van der Waals surface area contributed by atoms with E-state index < -0.39 is 0 Å². The van der Waals surface area contributed by atoms with Crippen LogP contribution in [0.25, 0.3) is 0 Å². The first-order chi connectivity index (χ1) is 9.61. The topological polar surface area (TPSA) is 53.4 Å². The Hall–Kier alpha value is -1.86. The number of hydrogen-bond acceptors (Lipinski definition) is 3. The largest absolute Gasteiger partial charge is 0.384 e. The predicted molar refractivity (Wildman–Crippen MR) is 77.0 cm³/mol. The highest BCUT2D eigenvalue weighted by Crippen LogP contribution is 2.23. The third-order valence-electron chi connectivity index (χ3n) is 3.51. The van der Waals surface area contributed by atoms with E-state index in [0.29, 0.717) is 23.0 Å².